The standard InChI is InChI=1S/C15H19NO2S/c1-15(6-2-3-7-15)11-16-14(18)12-9-13(19-10-12)5-4-8-17/h9-10,17H,2-3,6-8,11H2,1H3,(H,16,18). The fourth-order valence-electron chi connectivity index (χ4n) is 2.45. The van der Waals surface area contributed by atoms with Crippen molar-refractivity contribution in [1.29, 1.82) is 0 Å². The highest BCUT2D eigenvalue weighted by molar-refractivity contribution is 7.10. The Kier molecular flexibility index (Phi) is 4.62. The Labute approximate surface area is 118 Å². The van der Waals surface area contributed by atoms with E-state index in [1.54, 1.807) is 6.07 Å². The Hall–Kier alpha value is -1.31. The number of hydrogen-bond donors (Lipinski definition) is 2. The van der Waals surface area contributed by atoms with Crippen molar-refractivity contribution >= 4 is 17.2 Å². The van der Waals surface area contributed by atoms with Gasteiger partial charge >= 0.3 is 0 Å². The average Bonchev–Trinajstić information content (AvgIpc) is 3.03. The molecular weight excluding hydrogens is 258 g/mol. The predicted molar refractivity (Wildman–Crippen MR) is 77.2 cm³/mol. The van der Waals surface area contributed by atoms with Gasteiger partial charge in [-0.3, -0.25) is 4.79 Å². The Bertz CT molecular complexity index is 504. The third-order valence-electron chi connectivity index (χ3n) is 3.64. The predicted octanol–water partition coefficient (Wildman–Crippen LogP) is 2.40. The van der Waals surface area contributed by atoms with Crippen molar-refractivity contribution in [2.75, 3.05) is 13.2 Å². The van der Waals surface area contributed by atoms with Gasteiger partial charge < -0.3 is 10.4 Å². The van der Waals surface area contributed by atoms with E-state index in [0.29, 0.717) is 5.56 Å². The van der Waals surface area contributed by atoms with Gasteiger partial charge in [0, 0.05) is 11.9 Å². The second kappa shape index (κ2) is 6.23. The van der Waals surface area contributed by atoms with Gasteiger partial charge in [-0.1, -0.05) is 31.6 Å². The average molecular weight is 277 g/mol. The molecule has 0 radical (unpaired) electrons. The molecule has 4 heteroatoms. The van der Waals surface area contributed by atoms with E-state index in [4.69, 9.17) is 5.11 Å². The minimum absolute atomic E-state index is 0.0265. The molecule has 1 aromatic rings. The zero-order valence-electron chi connectivity index (χ0n) is 11.2. The van der Waals surface area contributed by atoms with E-state index in [1.165, 1.54) is 37.0 Å². The summed E-state index contributed by atoms with van der Waals surface area (Å²) >= 11 is 1.43. The summed E-state index contributed by atoms with van der Waals surface area (Å²) in [4.78, 5) is 12.8. The van der Waals surface area contributed by atoms with E-state index in [1.807, 2.05) is 5.38 Å². The van der Waals surface area contributed by atoms with Crippen molar-refractivity contribution in [3.63, 3.8) is 0 Å². The quantitative estimate of drug-likeness (QED) is 0.834. The maximum absolute atomic E-state index is 12.0. The zero-order valence-corrected chi connectivity index (χ0v) is 12.0. The molecule has 0 aromatic carbocycles. The van der Waals surface area contributed by atoms with Crippen molar-refractivity contribution < 1.29 is 9.90 Å². The minimum Gasteiger partial charge on any atom is -0.384 e. The molecule has 1 aromatic heterocycles. The van der Waals surface area contributed by atoms with Crippen LogP contribution in [0.25, 0.3) is 0 Å². The number of thiophene rings is 1. The fourth-order valence-corrected chi connectivity index (χ4v) is 3.20. The first-order valence-corrected chi connectivity index (χ1v) is 7.47. The molecule has 0 unspecified atom stereocenters. The second-order valence-electron chi connectivity index (χ2n) is 5.36. The number of aliphatic hydroxyl groups excluding tert-OH is 1. The van der Waals surface area contributed by atoms with Crippen LogP contribution in [0.15, 0.2) is 11.4 Å². The first kappa shape index (κ1) is 14.1. The lowest BCUT2D eigenvalue weighted by molar-refractivity contribution is 0.0934. The summed E-state index contributed by atoms with van der Waals surface area (Å²) in [5.41, 5.74) is 0.930. The number of carbonyl (C=O) groups is 1. The van der Waals surface area contributed by atoms with Crippen LogP contribution < -0.4 is 5.32 Å². The molecule has 0 atom stereocenters. The highest BCUT2D eigenvalue weighted by atomic mass is 32.1. The van der Waals surface area contributed by atoms with Gasteiger partial charge in [-0.2, -0.15) is 0 Å². The molecule has 0 aliphatic heterocycles. The van der Waals surface area contributed by atoms with Crippen LogP contribution in [0.3, 0.4) is 0 Å². The van der Waals surface area contributed by atoms with E-state index in [9.17, 15) is 4.79 Å². The van der Waals surface area contributed by atoms with Crippen molar-refractivity contribution in [2.24, 2.45) is 5.41 Å². The summed E-state index contributed by atoms with van der Waals surface area (Å²) in [6.45, 7) is 2.84. The smallest absolute Gasteiger partial charge is 0.252 e. The molecule has 1 fully saturated rings. The lowest BCUT2D eigenvalue weighted by Crippen LogP contribution is -2.33. The fraction of sp³-hybridized carbons (Fsp3) is 0.533. The van der Waals surface area contributed by atoms with Gasteiger partial charge in [0.1, 0.15) is 6.61 Å². The summed E-state index contributed by atoms with van der Waals surface area (Å²) < 4.78 is 0. The molecule has 3 nitrogen and oxygen atoms in total. The van der Waals surface area contributed by atoms with E-state index >= 15 is 0 Å². The van der Waals surface area contributed by atoms with Gasteiger partial charge in [-0.25, -0.2) is 0 Å². The van der Waals surface area contributed by atoms with Gasteiger partial charge in [-0.15, -0.1) is 11.3 Å². The number of hydrogen-bond acceptors (Lipinski definition) is 3. The Morgan fingerprint density at radius 3 is 2.95 bits per heavy atom. The summed E-state index contributed by atoms with van der Waals surface area (Å²) in [6.07, 6.45) is 4.94. The number of aliphatic hydroxyl groups is 1. The molecule has 1 aliphatic rings. The molecule has 2 N–H and O–H groups in total. The lowest BCUT2D eigenvalue weighted by Gasteiger charge is -2.23. The number of rotatable bonds is 3. The third kappa shape index (κ3) is 3.82. The minimum atomic E-state index is -0.155. The van der Waals surface area contributed by atoms with Crippen molar-refractivity contribution in [2.45, 2.75) is 32.6 Å². The number of nitrogens with one attached hydrogen (secondary N) is 1. The molecule has 1 heterocycles. The maximum Gasteiger partial charge on any atom is 0.252 e. The molecule has 1 saturated carbocycles. The first-order valence-electron chi connectivity index (χ1n) is 6.59. The summed E-state index contributed by atoms with van der Waals surface area (Å²) in [7, 11) is 0. The second-order valence-corrected chi connectivity index (χ2v) is 6.27. The van der Waals surface area contributed by atoms with Crippen LogP contribution in [0.5, 0.6) is 0 Å². The lowest BCUT2D eigenvalue weighted by atomic mass is 9.89. The molecule has 2 rings (SSSR count). The molecule has 0 saturated heterocycles. The highest BCUT2D eigenvalue weighted by Gasteiger charge is 2.28. The number of carbonyl (C=O) groups excluding carboxylic acids is 1. The van der Waals surface area contributed by atoms with Crippen LogP contribution in [0.1, 0.15) is 47.8 Å². The molecule has 0 spiro atoms. The zero-order chi connectivity index (χ0) is 13.7. The largest absolute Gasteiger partial charge is 0.384 e. The van der Waals surface area contributed by atoms with Crippen molar-refractivity contribution in [1.82, 2.24) is 5.32 Å². The van der Waals surface area contributed by atoms with Crippen molar-refractivity contribution in [3.8, 4) is 11.8 Å². The van der Waals surface area contributed by atoms with E-state index in [0.717, 1.165) is 11.4 Å². The number of amides is 1. The topological polar surface area (TPSA) is 49.3 Å². The maximum atomic E-state index is 12.0. The molecule has 19 heavy (non-hydrogen) atoms. The van der Waals surface area contributed by atoms with Crippen molar-refractivity contribution in [3.05, 3.63) is 21.9 Å². The molecular formula is C15H19NO2S. The van der Waals surface area contributed by atoms with Gasteiger partial charge in [0.25, 0.3) is 5.91 Å². The normalized spacial score (nSPS) is 16.7. The van der Waals surface area contributed by atoms with Crippen LogP contribution in [-0.2, 0) is 0 Å². The van der Waals surface area contributed by atoms with Gasteiger partial charge in [0.2, 0.25) is 0 Å². The summed E-state index contributed by atoms with van der Waals surface area (Å²) in [5, 5.41) is 13.5. The Balaban J connectivity index is 1.91. The van der Waals surface area contributed by atoms with Crippen LogP contribution in [0.2, 0.25) is 0 Å². The molecule has 1 aliphatic carbocycles. The Morgan fingerprint density at radius 1 is 1.53 bits per heavy atom. The van der Waals surface area contributed by atoms with E-state index < -0.39 is 0 Å². The van der Waals surface area contributed by atoms with Crippen LogP contribution in [0.4, 0.5) is 0 Å². The SMILES string of the molecule is CC1(CNC(=O)c2csc(C#CCO)c2)CCCC1. The molecule has 0 bridgehead atoms. The Morgan fingerprint density at radius 2 is 2.26 bits per heavy atom. The van der Waals surface area contributed by atoms with Gasteiger partial charge in [0.15, 0.2) is 0 Å². The summed E-state index contributed by atoms with van der Waals surface area (Å²) in [6, 6.07) is 1.78. The van der Waals surface area contributed by atoms with Crippen LogP contribution in [-0.4, -0.2) is 24.2 Å². The van der Waals surface area contributed by atoms with E-state index in [2.05, 4.69) is 24.1 Å². The molecule has 102 valence electrons. The summed E-state index contributed by atoms with van der Waals surface area (Å²) in [5.74, 6) is 5.37. The van der Waals surface area contributed by atoms with Gasteiger partial charge in [0.05, 0.1) is 10.4 Å². The monoisotopic (exact) mass is 277 g/mol. The first-order chi connectivity index (χ1) is 9.13. The van der Waals surface area contributed by atoms with Gasteiger partial charge in [-0.05, 0) is 24.3 Å². The third-order valence-corrected chi connectivity index (χ3v) is 4.48. The van der Waals surface area contributed by atoms with E-state index in [-0.39, 0.29) is 17.9 Å². The van der Waals surface area contributed by atoms with Crippen LogP contribution >= 0.6 is 11.3 Å². The highest BCUT2D eigenvalue weighted by Crippen LogP contribution is 2.36. The molecule has 1 amide bonds. The van der Waals surface area contributed by atoms with Crippen LogP contribution in [0, 0.1) is 17.3 Å².